The zero-order valence-corrected chi connectivity index (χ0v) is 10.9. The lowest BCUT2D eigenvalue weighted by Crippen LogP contribution is -2.41. The summed E-state index contributed by atoms with van der Waals surface area (Å²) < 4.78 is 5.06. The molecule has 0 heterocycles. The molecule has 0 bridgehead atoms. The Balaban J connectivity index is 4.35. The van der Waals surface area contributed by atoms with Crippen LogP contribution in [0.4, 0.5) is 0 Å². The number of carboxylic acids is 1. The minimum absolute atomic E-state index is 0.120. The molecule has 0 aliphatic carbocycles. The second-order valence-corrected chi connectivity index (χ2v) is 4.54. The monoisotopic (exact) mass is 231 g/mol. The Labute approximate surface area is 98.6 Å². The Hall–Kier alpha value is -0.610. The van der Waals surface area contributed by atoms with Gasteiger partial charge in [0, 0.05) is 26.2 Å². The summed E-state index contributed by atoms with van der Waals surface area (Å²) in [6.45, 7) is 8.72. The van der Waals surface area contributed by atoms with Crippen molar-refractivity contribution >= 4 is 5.97 Å². The molecule has 0 aliphatic rings. The average Bonchev–Trinajstić information content (AvgIpc) is 2.20. The zero-order chi connectivity index (χ0) is 12.6. The number of carbonyl (C=O) groups is 1. The molecule has 0 saturated carbocycles. The summed E-state index contributed by atoms with van der Waals surface area (Å²) >= 11 is 0. The van der Waals surface area contributed by atoms with Crippen LogP contribution in [0, 0.1) is 5.92 Å². The highest BCUT2D eigenvalue weighted by atomic mass is 16.5. The van der Waals surface area contributed by atoms with Crippen molar-refractivity contribution in [1.29, 1.82) is 0 Å². The fraction of sp³-hybridized carbons (Fsp3) is 0.917. The van der Waals surface area contributed by atoms with Crippen LogP contribution in [0.3, 0.4) is 0 Å². The van der Waals surface area contributed by atoms with E-state index in [1.165, 1.54) is 0 Å². The predicted molar refractivity (Wildman–Crippen MR) is 64.6 cm³/mol. The van der Waals surface area contributed by atoms with Gasteiger partial charge in [0.25, 0.3) is 0 Å². The Morgan fingerprint density at radius 3 is 2.44 bits per heavy atom. The van der Waals surface area contributed by atoms with Crippen LogP contribution in [0.15, 0.2) is 0 Å². The van der Waals surface area contributed by atoms with Gasteiger partial charge < -0.3 is 9.84 Å². The molecular weight excluding hydrogens is 206 g/mol. The van der Waals surface area contributed by atoms with Crippen LogP contribution in [0.25, 0.3) is 0 Å². The third-order valence-electron chi connectivity index (χ3n) is 2.58. The van der Waals surface area contributed by atoms with Crippen molar-refractivity contribution in [2.24, 2.45) is 5.92 Å². The first-order valence-corrected chi connectivity index (χ1v) is 5.96. The van der Waals surface area contributed by atoms with E-state index in [0.717, 1.165) is 19.5 Å². The van der Waals surface area contributed by atoms with Crippen LogP contribution in [-0.4, -0.2) is 48.8 Å². The standard InChI is InChI=1S/C12H25NO3/c1-5-11(8-12(14)15)13(6-7-16-4)9-10(2)3/h10-11H,5-9H2,1-4H3,(H,14,15). The van der Waals surface area contributed by atoms with Crippen molar-refractivity contribution in [3.8, 4) is 0 Å². The number of rotatable bonds is 9. The molecule has 16 heavy (non-hydrogen) atoms. The summed E-state index contributed by atoms with van der Waals surface area (Å²) in [5, 5.41) is 8.87. The highest BCUT2D eigenvalue weighted by molar-refractivity contribution is 5.67. The van der Waals surface area contributed by atoms with E-state index in [-0.39, 0.29) is 12.5 Å². The van der Waals surface area contributed by atoms with Crippen LogP contribution in [-0.2, 0) is 9.53 Å². The first-order chi connectivity index (χ1) is 7.51. The van der Waals surface area contributed by atoms with Crippen LogP contribution in [0.1, 0.15) is 33.6 Å². The molecule has 1 unspecified atom stereocenters. The Kier molecular flexibility index (Phi) is 8.21. The molecule has 0 fully saturated rings. The zero-order valence-electron chi connectivity index (χ0n) is 10.9. The van der Waals surface area contributed by atoms with E-state index in [0.29, 0.717) is 12.5 Å². The van der Waals surface area contributed by atoms with E-state index >= 15 is 0 Å². The maximum Gasteiger partial charge on any atom is 0.304 e. The maximum absolute atomic E-state index is 10.8. The van der Waals surface area contributed by atoms with Gasteiger partial charge in [0.05, 0.1) is 13.0 Å². The lowest BCUT2D eigenvalue weighted by Gasteiger charge is -2.31. The topological polar surface area (TPSA) is 49.8 Å². The molecule has 0 aromatic rings. The van der Waals surface area contributed by atoms with E-state index in [9.17, 15) is 4.79 Å². The van der Waals surface area contributed by atoms with E-state index in [2.05, 4.69) is 18.7 Å². The molecular formula is C12H25NO3. The van der Waals surface area contributed by atoms with Crippen molar-refractivity contribution in [1.82, 2.24) is 4.90 Å². The number of aliphatic carboxylic acids is 1. The van der Waals surface area contributed by atoms with Gasteiger partial charge >= 0.3 is 5.97 Å². The molecule has 0 rings (SSSR count). The SMILES string of the molecule is CCC(CC(=O)O)N(CCOC)CC(C)C. The minimum Gasteiger partial charge on any atom is -0.481 e. The van der Waals surface area contributed by atoms with Crippen LogP contribution in [0.2, 0.25) is 0 Å². The predicted octanol–water partition coefficient (Wildman–Crippen LogP) is 1.84. The van der Waals surface area contributed by atoms with Gasteiger partial charge in [0.1, 0.15) is 0 Å². The molecule has 96 valence electrons. The van der Waals surface area contributed by atoms with E-state index < -0.39 is 5.97 Å². The van der Waals surface area contributed by atoms with Crippen LogP contribution >= 0.6 is 0 Å². The van der Waals surface area contributed by atoms with Crippen molar-refractivity contribution in [3.05, 3.63) is 0 Å². The molecule has 0 aromatic heterocycles. The summed E-state index contributed by atoms with van der Waals surface area (Å²) in [6, 6.07) is 0.120. The molecule has 0 aliphatic heterocycles. The molecule has 4 nitrogen and oxygen atoms in total. The van der Waals surface area contributed by atoms with Crippen molar-refractivity contribution in [2.45, 2.75) is 39.7 Å². The van der Waals surface area contributed by atoms with Gasteiger partial charge in [-0.2, -0.15) is 0 Å². The highest BCUT2D eigenvalue weighted by Crippen LogP contribution is 2.11. The Bertz CT molecular complexity index is 195. The van der Waals surface area contributed by atoms with Gasteiger partial charge in [-0.05, 0) is 12.3 Å². The number of hydrogen-bond acceptors (Lipinski definition) is 3. The quantitative estimate of drug-likeness (QED) is 0.658. The van der Waals surface area contributed by atoms with Crippen LogP contribution < -0.4 is 0 Å². The molecule has 1 N–H and O–H groups in total. The summed E-state index contributed by atoms with van der Waals surface area (Å²) in [6.07, 6.45) is 1.08. The second kappa shape index (κ2) is 8.53. The smallest absolute Gasteiger partial charge is 0.304 e. The summed E-state index contributed by atoms with van der Waals surface area (Å²) in [5.74, 6) is -0.183. The van der Waals surface area contributed by atoms with E-state index in [1.54, 1.807) is 7.11 Å². The molecule has 0 aromatic carbocycles. The molecule has 0 amide bonds. The Morgan fingerprint density at radius 2 is 2.06 bits per heavy atom. The fourth-order valence-corrected chi connectivity index (χ4v) is 1.83. The normalized spacial score (nSPS) is 13.4. The molecule has 1 atom stereocenters. The van der Waals surface area contributed by atoms with Gasteiger partial charge in [0.15, 0.2) is 0 Å². The largest absolute Gasteiger partial charge is 0.481 e. The minimum atomic E-state index is -0.724. The van der Waals surface area contributed by atoms with Crippen molar-refractivity contribution in [2.75, 3.05) is 26.8 Å². The number of nitrogens with zero attached hydrogens (tertiary/aromatic N) is 1. The van der Waals surface area contributed by atoms with Gasteiger partial charge in [-0.25, -0.2) is 0 Å². The summed E-state index contributed by atoms with van der Waals surface area (Å²) in [7, 11) is 1.67. The number of ether oxygens (including phenoxy) is 1. The van der Waals surface area contributed by atoms with Crippen LogP contribution in [0.5, 0.6) is 0 Å². The summed E-state index contributed by atoms with van der Waals surface area (Å²) in [4.78, 5) is 13.0. The van der Waals surface area contributed by atoms with Gasteiger partial charge in [0.2, 0.25) is 0 Å². The lowest BCUT2D eigenvalue weighted by molar-refractivity contribution is -0.138. The van der Waals surface area contributed by atoms with Gasteiger partial charge in [-0.15, -0.1) is 0 Å². The number of carboxylic acid groups (broad SMARTS) is 1. The van der Waals surface area contributed by atoms with E-state index in [4.69, 9.17) is 9.84 Å². The third kappa shape index (κ3) is 6.80. The third-order valence-corrected chi connectivity index (χ3v) is 2.58. The van der Waals surface area contributed by atoms with Crippen molar-refractivity contribution < 1.29 is 14.6 Å². The van der Waals surface area contributed by atoms with E-state index in [1.807, 2.05) is 6.92 Å². The van der Waals surface area contributed by atoms with Gasteiger partial charge in [-0.3, -0.25) is 9.69 Å². The molecule has 4 heteroatoms. The highest BCUT2D eigenvalue weighted by Gasteiger charge is 2.20. The molecule has 0 spiro atoms. The number of methoxy groups -OCH3 is 1. The molecule has 0 radical (unpaired) electrons. The lowest BCUT2D eigenvalue weighted by atomic mass is 10.1. The first-order valence-electron chi connectivity index (χ1n) is 5.96. The molecule has 0 saturated heterocycles. The fourth-order valence-electron chi connectivity index (χ4n) is 1.83. The average molecular weight is 231 g/mol. The maximum atomic E-state index is 10.8. The second-order valence-electron chi connectivity index (χ2n) is 4.54. The van der Waals surface area contributed by atoms with Crippen molar-refractivity contribution in [3.63, 3.8) is 0 Å². The summed E-state index contributed by atoms with van der Waals surface area (Å²) in [5.41, 5.74) is 0. The van der Waals surface area contributed by atoms with Gasteiger partial charge in [-0.1, -0.05) is 20.8 Å². The first kappa shape index (κ1) is 15.4. The Morgan fingerprint density at radius 1 is 1.44 bits per heavy atom. The number of hydrogen-bond donors (Lipinski definition) is 1.